The second-order valence-electron chi connectivity index (χ2n) is 4.81. The van der Waals surface area contributed by atoms with Gasteiger partial charge in [-0.25, -0.2) is 4.39 Å². The predicted octanol–water partition coefficient (Wildman–Crippen LogP) is 3.21. The van der Waals surface area contributed by atoms with Crippen molar-refractivity contribution < 1.29 is 4.39 Å². The molecule has 1 unspecified atom stereocenters. The van der Waals surface area contributed by atoms with Crippen molar-refractivity contribution in [3.8, 4) is 0 Å². The van der Waals surface area contributed by atoms with Gasteiger partial charge < -0.3 is 10.3 Å². The molecule has 1 heterocycles. The number of rotatable bonds is 2. The number of halogens is 1. The van der Waals surface area contributed by atoms with Crippen LogP contribution < -0.4 is 5.32 Å². The molecule has 90 valence electrons. The molecular weight excluding hydrogens is 215 g/mol. The maximum Gasteiger partial charge on any atom is 0.124 e. The molecule has 1 aromatic carbocycles. The molecule has 0 saturated carbocycles. The SMILES string of the molecule is CCNC1CCc2[nH]c3c(C)cc(F)cc3c21. The van der Waals surface area contributed by atoms with Crippen LogP contribution in [0.2, 0.25) is 0 Å². The van der Waals surface area contributed by atoms with Crippen molar-refractivity contribution in [1.29, 1.82) is 0 Å². The number of fused-ring (bicyclic) bond motifs is 3. The quantitative estimate of drug-likeness (QED) is 0.817. The van der Waals surface area contributed by atoms with Gasteiger partial charge in [-0.2, -0.15) is 0 Å². The summed E-state index contributed by atoms with van der Waals surface area (Å²) < 4.78 is 13.5. The fourth-order valence-corrected chi connectivity index (χ4v) is 2.98. The summed E-state index contributed by atoms with van der Waals surface area (Å²) in [5.74, 6) is -0.140. The van der Waals surface area contributed by atoms with Gasteiger partial charge in [0.1, 0.15) is 5.82 Å². The molecule has 1 aromatic heterocycles. The Kier molecular flexibility index (Phi) is 2.44. The van der Waals surface area contributed by atoms with Crippen LogP contribution in [0.4, 0.5) is 4.39 Å². The maximum atomic E-state index is 13.5. The van der Waals surface area contributed by atoms with E-state index in [1.807, 2.05) is 6.92 Å². The van der Waals surface area contributed by atoms with Gasteiger partial charge in [0, 0.05) is 22.6 Å². The van der Waals surface area contributed by atoms with Crippen molar-refractivity contribution in [2.75, 3.05) is 6.54 Å². The van der Waals surface area contributed by atoms with Crippen LogP contribution in [0.25, 0.3) is 10.9 Å². The Hall–Kier alpha value is -1.35. The molecule has 0 radical (unpaired) electrons. The summed E-state index contributed by atoms with van der Waals surface area (Å²) >= 11 is 0. The summed E-state index contributed by atoms with van der Waals surface area (Å²) in [7, 11) is 0. The molecule has 1 aliphatic carbocycles. The van der Waals surface area contributed by atoms with Gasteiger partial charge in [0.25, 0.3) is 0 Å². The summed E-state index contributed by atoms with van der Waals surface area (Å²) in [4.78, 5) is 3.45. The van der Waals surface area contributed by atoms with Gasteiger partial charge in [0.15, 0.2) is 0 Å². The fourth-order valence-electron chi connectivity index (χ4n) is 2.98. The number of benzene rings is 1. The molecule has 2 nitrogen and oxygen atoms in total. The van der Waals surface area contributed by atoms with Crippen molar-refractivity contribution in [1.82, 2.24) is 10.3 Å². The first-order valence-electron chi connectivity index (χ1n) is 6.24. The number of aromatic amines is 1. The Morgan fingerprint density at radius 3 is 3.06 bits per heavy atom. The van der Waals surface area contributed by atoms with Crippen LogP contribution in [0, 0.1) is 12.7 Å². The molecule has 0 bridgehead atoms. The van der Waals surface area contributed by atoms with E-state index in [0.29, 0.717) is 6.04 Å². The van der Waals surface area contributed by atoms with Crippen LogP contribution in [0.1, 0.15) is 36.2 Å². The lowest BCUT2D eigenvalue weighted by Crippen LogP contribution is -2.18. The van der Waals surface area contributed by atoms with Gasteiger partial charge >= 0.3 is 0 Å². The highest BCUT2D eigenvalue weighted by molar-refractivity contribution is 5.88. The molecule has 1 atom stereocenters. The average Bonchev–Trinajstić information content (AvgIpc) is 2.80. The summed E-state index contributed by atoms with van der Waals surface area (Å²) in [6, 6.07) is 3.63. The first kappa shape index (κ1) is 10.8. The van der Waals surface area contributed by atoms with Crippen molar-refractivity contribution >= 4 is 10.9 Å². The van der Waals surface area contributed by atoms with Crippen LogP contribution in [0.15, 0.2) is 12.1 Å². The van der Waals surface area contributed by atoms with Crippen LogP contribution in [0.3, 0.4) is 0 Å². The number of aromatic nitrogens is 1. The van der Waals surface area contributed by atoms with E-state index in [4.69, 9.17) is 0 Å². The zero-order valence-corrected chi connectivity index (χ0v) is 10.2. The van der Waals surface area contributed by atoms with Crippen molar-refractivity contribution in [2.24, 2.45) is 0 Å². The highest BCUT2D eigenvalue weighted by Gasteiger charge is 2.26. The Bertz CT molecular complexity index is 571. The van der Waals surface area contributed by atoms with E-state index in [1.54, 1.807) is 12.1 Å². The van der Waals surface area contributed by atoms with E-state index in [0.717, 1.165) is 35.9 Å². The summed E-state index contributed by atoms with van der Waals surface area (Å²) in [6.45, 7) is 5.02. The molecule has 17 heavy (non-hydrogen) atoms. The van der Waals surface area contributed by atoms with Crippen molar-refractivity contribution in [3.63, 3.8) is 0 Å². The fraction of sp³-hybridized carbons (Fsp3) is 0.429. The third-order valence-corrected chi connectivity index (χ3v) is 3.67. The van der Waals surface area contributed by atoms with Gasteiger partial charge in [0.2, 0.25) is 0 Å². The largest absolute Gasteiger partial charge is 0.358 e. The minimum Gasteiger partial charge on any atom is -0.358 e. The normalized spacial score (nSPS) is 18.9. The number of nitrogens with one attached hydrogen (secondary N) is 2. The van der Waals surface area contributed by atoms with E-state index in [1.165, 1.54) is 11.3 Å². The smallest absolute Gasteiger partial charge is 0.124 e. The van der Waals surface area contributed by atoms with Crippen molar-refractivity contribution in [2.45, 2.75) is 32.7 Å². The molecule has 0 aliphatic heterocycles. The monoisotopic (exact) mass is 232 g/mol. The Morgan fingerprint density at radius 1 is 1.47 bits per heavy atom. The Balaban J connectivity index is 2.22. The summed E-state index contributed by atoms with van der Waals surface area (Å²) in [5, 5.41) is 4.53. The van der Waals surface area contributed by atoms with Crippen LogP contribution >= 0.6 is 0 Å². The summed E-state index contributed by atoms with van der Waals surface area (Å²) in [5.41, 5.74) is 4.65. The average molecular weight is 232 g/mol. The van der Waals surface area contributed by atoms with Gasteiger partial charge in [-0.15, -0.1) is 0 Å². The molecular formula is C14H17FN2. The molecule has 2 aromatic rings. The number of hydrogen-bond donors (Lipinski definition) is 2. The first-order valence-corrected chi connectivity index (χ1v) is 6.24. The predicted molar refractivity (Wildman–Crippen MR) is 67.7 cm³/mol. The van der Waals surface area contributed by atoms with E-state index in [9.17, 15) is 4.39 Å². The van der Waals surface area contributed by atoms with Crippen LogP contribution in [-0.4, -0.2) is 11.5 Å². The number of H-pyrrole nitrogens is 1. The summed E-state index contributed by atoms with van der Waals surface area (Å²) in [6.07, 6.45) is 2.17. The van der Waals surface area contributed by atoms with Gasteiger partial charge in [-0.05, 0) is 49.6 Å². The highest BCUT2D eigenvalue weighted by atomic mass is 19.1. The molecule has 0 amide bonds. The molecule has 3 heteroatoms. The zero-order valence-electron chi connectivity index (χ0n) is 10.2. The minimum absolute atomic E-state index is 0.140. The van der Waals surface area contributed by atoms with E-state index in [2.05, 4.69) is 17.2 Å². The third kappa shape index (κ3) is 1.57. The Morgan fingerprint density at radius 2 is 2.29 bits per heavy atom. The lowest BCUT2D eigenvalue weighted by atomic mass is 10.0. The van der Waals surface area contributed by atoms with E-state index < -0.39 is 0 Å². The molecule has 3 rings (SSSR count). The standard InChI is InChI=1S/C14H17FN2/c1-3-16-11-4-5-12-13(11)10-7-9(15)6-8(2)14(10)17-12/h6-7,11,16-17H,3-5H2,1-2H3. The van der Waals surface area contributed by atoms with Crippen molar-refractivity contribution in [3.05, 3.63) is 34.8 Å². The highest BCUT2D eigenvalue weighted by Crippen LogP contribution is 2.38. The van der Waals surface area contributed by atoms with Gasteiger partial charge in [-0.3, -0.25) is 0 Å². The minimum atomic E-state index is -0.140. The maximum absolute atomic E-state index is 13.5. The molecule has 0 spiro atoms. The van der Waals surface area contributed by atoms with Gasteiger partial charge in [0.05, 0.1) is 0 Å². The second kappa shape index (κ2) is 3.84. The van der Waals surface area contributed by atoms with E-state index >= 15 is 0 Å². The van der Waals surface area contributed by atoms with E-state index in [-0.39, 0.29) is 5.82 Å². The number of hydrogen-bond acceptors (Lipinski definition) is 1. The van der Waals surface area contributed by atoms with Gasteiger partial charge in [-0.1, -0.05) is 6.92 Å². The lowest BCUT2D eigenvalue weighted by molar-refractivity contribution is 0.551. The molecule has 0 saturated heterocycles. The lowest BCUT2D eigenvalue weighted by Gasteiger charge is -2.11. The topological polar surface area (TPSA) is 27.8 Å². The molecule has 1 aliphatic rings. The molecule has 2 N–H and O–H groups in total. The van der Waals surface area contributed by atoms with Crippen LogP contribution in [-0.2, 0) is 6.42 Å². The second-order valence-corrected chi connectivity index (χ2v) is 4.81. The number of aryl methyl sites for hydroxylation is 2. The van der Waals surface area contributed by atoms with Crippen LogP contribution in [0.5, 0.6) is 0 Å². The zero-order chi connectivity index (χ0) is 12.0. The third-order valence-electron chi connectivity index (χ3n) is 3.67. The molecule has 0 fully saturated rings. The Labute approximate surface area is 100 Å². The first-order chi connectivity index (χ1) is 8.20.